The average molecular weight is 360 g/mol. The van der Waals surface area contributed by atoms with E-state index in [0.717, 1.165) is 16.0 Å². The highest BCUT2D eigenvalue weighted by molar-refractivity contribution is 7.16. The third-order valence-electron chi connectivity index (χ3n) is 4.01. The number of benzene rings is 1. The number of thiophene rings is 1. The Balaban J connectivity index is 2.19. The van der Waals surface area contributed by atoms with Crippen LogP contribution in [0, 0.1) is 13.8 Å². The largest absolute Gasteiger partial charge is 0.481 e. The van der Waals surface area contributed by atoms with Crippen LogP contribution in [0.3, 0.4) is 0 Å². The fraction of sp³-hybridized carbons (Fsp3) is 0.368. The van der Waals surface area contributed by atoms with Gasteiger partial charge in [0.15, 0.2) is 6.10 Å². The maximum atomic E-state index is 12.6. The molecule has 0 fully saturated rings. The van der Waals surface area contributed by atoms with E-state index in [-0.39, 0.29) is 5.91 Å². The van der Waals surface area contributed by atoms with Gasteiger partial charge >= 0.3 is 0 Å². The molecule has 2 aromatic rings. The molecule has 0 aliphatic heterocycles. The number of nitrogens with two attached hydrogens (primary N) is 1. The quantitative estimate of drug-likeness (QED) is 0.787. The highest BCUT2D eigenvalue weighted by Crippen LogP contribution is 2.33. The SMILES string of the molecule is CCc1c(C)sc(NC(=O)C(CC)Oc2ccc(C)cc2)c1C(N)=O. The predicted molar refractivity (Wildman–Crippen MR) is 101 cm³/mol. The number of amides is 2. The first-order valence-electron chi connectivity index (χ1n) is 8.33. The monoisotopic (exact) mass is 360 g/mol. The van der Waals surface area contributed by atoms with Crippen molar-refractivity contribution in [3.05, 3.63) is 45.8 Å². The predicted octanol–water partition coefficient (Wildman–Crippen LogP) is 3.82. The molecule has 3 N–H and O–H groups in total. The Morgan fingerprint density at radius 2 is 1.84 bits per heavy atom. The maximum absolute atomic E-state index is 12.6. The van der Waals surface area contributed by atoms with Gasteiger partial charge in [-0.3, -0.25) is 9.59 Å². The number of aryl methyl sites for hydroxylation is 2. The first kappa shape index (κ1) is 19.0. The Kier molecular flexibility index (Phi) is 6.20. The number of carbonyl (C=O) groups is 2. The second kappa shape index (κ2) is 8.16. The summed E-state index contributed by atoms with van der Waals surface area (Å²) in [6.45, 7) is 7.75. The maximum Gasteiger partial charge on any atom is 0.266 e. The summed E-state index contributed by atoms with van der Waals surface area (Å²) in [4.78, 5) is 25.4. The van der Waals surface area contributed by atoms with E-state index in [4.69, 9.17) is 10.5 Å². The van der Waals surface area contributed by atoms with Crippen molar-refractivity contribution in [1.29, 1.82) is 0 Å². The molecule has 1 atom stereocenters. The first-order chi connectivity index (χ1) is 11.9. The Morgan fingerprint density at radius 3 is 2.36 bits per heavy atom. The second-order valence-corrected chi connectivity index (χ2v) is 7.10. The molecule has 1 aromatic carbocycles. The lowest BCUT2D eigenvalue weighted by Gasteiger charge is -2.17. The zero-order chi connectivity index (χ0) is 18.6. The Labute approximate surface area is 152 Å². The fourth-order valence-electron chi connectivity index (χ4n) is 2.65. The van der Waals surface area contributed by atoms with Gasteiger partial charge < -0.3 is 15.8 Å². The van der Waals surface area contributed by atoms with Gasteiger partial charge in [-0.2, -0.15) is 0 Å². The number of hydrogen-bond acceptors (Lipinski definition) is 4. The Morgan fingerprint density at radius 1 is 1.20 bits per heavy atom. The molecule has 0 aliphatic rings. The molecule has 1 heterocycles. The van der Waals surface area contributed by atoms with Crippen molar-refractivity contribution in [2.45, 2.75) is 46.6 Å². The van der Waals surface area contributed by atoms with Crippen LogP contribution in [0.1, 0.15) is 46.6 Å². The van der Waals surface area contributed by atoms with E-state index < -0.39 is 12.0 Å². The summed E-state index contributed by atoms with van der Waals surface area (Å²) in [6.07, 6.45) is 0.556. The molecular weight excluding hydrogens is 336 g/mol. The molecule has 0 bridgehead atoms. The summed E-state index contributed by atoms with van der Waals surface area (Å²) >= 11 is 1.37. The Bertz CT molecular complexity index is 766. The summed E-state index contributed by atoms with van der Waals surface area (Å²) < 4.78 is 5.79. The van der Waals surface area contributed by atoms with Gasteiger partial charge in [-0.1, -0.05) is 31.5 Å². The van der Waals surface area contributed by atoms with Crippen LogP contribution < -0.4 is 15.8 Å². The van der Waals surface area contributed by atoms with Crippen molar-refractivity contribution in [3.63, 3.8) is 0 Å². The molecule has 25 heavy (non-hydrogen) atoms. The van der Waals surface area contributed by atoms with E-state index in [0.29, 0.717) is 29.2 Å². The molecule has 0 aliphatic carbocycles. The molecule has 2 amide bonds. The minimum Gasteiger partial charge on any atom is -0.481 e. The number of carbonyl (C=O) groups excluding carboxylic acids is 2. The highest BCUT2D eigenvalue weighted by atomic mass is 32.1. The van der Waals surface area contributed by atoms with Crippen LogP contribution in [0.4, 0.5) is 5.00 Å². The van der Waals surface area contributed by atoms with Gasteiger partial charge in [0.25, 0.3) is 11.8 Å². The smallest absolute Gasteiger partial charge is 0.266 e. The number of hydrogen-bond donors (Lipinski definition) is 2. The third-order valence-corrected chi connectivity index (χ3v) is 5.07. The summed E-state index contributed by atoms with van der Waals surface area (Å²) in [6, 6.07) is 7.54. The standard InChI is InChI=1S/C19H24N2O3S/c1-5-14-12(4)25-19(16(14)17(20)22)21-18(23)15(6-2)24-13-9-7-11(3)8-10-13/h7-10,15H,5-6H2,1-4H3,(H2,20,22)(H,21,23). The molecule has 0 saturated heterocycles. The topological polar surface area (TPSA) is 81.4 Å². The summed E-state index contributed by atoms with van der Waals surface area (Å²) in [5.74, 6) is -0.169. The van der Waals surface area contributed by atoms with E-state index in [1.807, 2.05) is 52.0 Å². The van der Waals surface area contributed by atoms with Crippen LogP contribution >= 0.6 is 11.3 Å². The molecule has 0 spiro atoms. The lowest BCUT2D eigenvalue weighted by atomic mass is 10.1. The lowest BCUT2D eigenvalue weighted by Crippen LogP contribution is -2.32. The number of nitrogens with one attached hydrogen (secondary N) is 1. The third kappa shape index (κ3) is 4.39. The summed E-state index contributed by atoms with van der Waals surface area (Å²) in [5.41, 5.74) is 7.93. The second-order valence-electron chi connectivity index (χ2n) is 5.88. The number of rotatable bonds is 7. The average Bonchev–Trinajstić information content (AvgIpc) is 2.89. The van der Waals surface area contributed by atoms with Gasteiger partial charge in [-0.25, -0.2) is 0 Å². The van der Waals surface area contributed by atoms with Gasteiger partial charge in [0, 0.05) is 4.88 Å². The first-order valence-corrected chi connectivity index (χ1v) is 9.15. The van der Waals surface area contributed by atoms with Gasteiger partial charge in [0.1, 0.15) is 10.8 Å². The number of ether oxygens (including phenoxy) is 1. The molecule has 2 rings (SSSR count). The van der Waals surface area contributed by atoms with E-state index in [9.17, 15) is 9.59 Å². The van der Waals surface area contributed by atoms with Gasteiger partial charge in [-0.15, -0.1) is 11.3 Å². The number of anilines is 1. The van der Waals surface area contributed by atoms with Gasteiger partial charge in [0.05, 0.1) is 5.56 Å². The molecule has 1 unspecified atom stereocenters. The fourth-order valence-corrected chi connectivity index (χ4v) is 3.80. The van der Waals surface area contributed by atoms with Crippen LogP contribution in [0.25, 0.3) is 0 Å². The van der Waals surface area contributed by atoms with Crippen molar-refractivity contribution >= 4 is 28.2 Å². The van der Waals surface area contributed by atoms with E-state index >= 15 is 0 Å². The zero-order valence-electron chi connectivity index (χ0n) is 15.0. The van der Waals surface area contributed by atoms with Crippen LogP contribution in [0.15, 0.2) is 24.3 Å². The molecule has 0 radical (unpaired) electrons. The zero-order valence-corrected chi connectivity index (χ0v) is 15.8. The minimum atomic E-state index is -0.643. The van der Waals surface area contributed by atoms with Crippen molar-refractivity contribution < 1.29 is 14.3 Å². The molecule has 134 valence electrons. The van der Waals surface area contributed by atoms with Crippen molar-refractivity contribution in [2.75, 3.05) is 5.32 Å². The molecule has 5 nitrogen and oxygen atoms in total. The van der Waals surface area contributed by atoms with Crippen molar-refractivity contribution in [1.82, 2.24) is 0 Å². The van der Waals surface area contributed by atoms with Crippen LogP contribution in [-0.2, 0) is 11.2 Å². The van der Waals surface area contributed by atoms with E-state index in [1.54, 1.807) is 0 Å². The van der Waals surface area contributed by atoms with Gasteiger partial charge in [-0.05, 0) is 44.4 Å². The molecule has 6 heteroatoms. The Hall–Kier alpha value is -2.34. The molecular formula is C19H24N2O3S. The molecule has 0 saturated carbocycles. The lowest BCUT2D eigenvalue weighted by molar-refractivity contribution is -0.122. The van der Waals surface area contributed by atoms with Crippen molar-refractivity contribution in [3.8, 4) is 5.75 Å². The van der Waals surface area contributed by atoms with Crippen LogP contribution in [-0.4, -0.2) is 17.9 Å². The normalized spacial score (nSPS) is 11.8. The number of primary amides is 1. The van der Waals surface area contributed by atoms with Crippen LogP contribution in [0.5, 0.6) is 5.75 Å². The van der Waals surface area contributed by atoms with Gasteiger partial charge in [0.2, 0.25) is 0 Å². The van der Waals surface area contributed by atoms with E-state index in [1.165, 1.54) is 11.3 Å². The minimum absolute atomic E-state index is 0.283. The summed E-state index contributed by atoms with van der Waals surface area (Å²) in [7, 11) is 0. The van der Waals surface area contributed by atoms with Crippen LogP contribution in [0.2, 0.25) is 0 Å². The van der Waals surface area contributed by atoms with E-state index in [2.05, 4.69) is 5.32 Å². The molecule has 1 aromatic heterocycles. The summed E-state index contributed by atoms with van der Waals surface area (Å²) in [5, 5.41) is 3.32. The van der Waals surface area contributed by atoms with Crippen molar-refractivity contribution in [2.24, 2.45) is 5.73 Å². The highest BCUT2D eigenvalue weighted by Gasteiger charge is 2.24.